The van der Waals surface area contributed by atoms with Crippen molar-refractivity contribution in [3.05, 3.63) is 24.3 Å². The van der Waals surface area contributed by atoms with E-state index in [0.717, 1.165) is 54.2 Å². The van der Waals surface area contributed by atoms with Crippen molar-refractivity contribution in [2.75, 3.05) is 19.6 Å². The summed E-state index contributed by atoms with van der Waals surface area (Å²) in [5.74, 6) is 1.47. The van der Waals surface area contributed by atoms with Crippen molar-refractivity contribution in [1.82, 2.24) is 29.7 Å². The van der Waals surface area contributed by atoms with Crippen molar-refractivity contribution in [3.63, 3.8) is 0 Å². The second-order valence-electron chi connectivity index (χ2n) is 7.84. The first-order valence-electron chi connectivity index (χ1n) is 9.61. The smallest absolute Gasteiger partial charge is 0.141 e. The molecule has 0 spiro atoms. The van der Waals surface area contributed by atoms with E-state index in [1.54, 1.807) is 6.33 Å². The summed E-state index contributed by atoms with van der Waals surface area (Å²) in [6, 6.07) is 4.48. The average molecular weight is 349 g/mol. The van der Waals surface area contributed by atoms with Crippen LogP contribution in [0, 0.1) is 23.2 Å². The van der Waals surface area contributed by atoms with Gasteiger partial charge in [-0.3, -0.25) is 0 Å². The number of hydrogen-bond donors (Lipinski definition) is 1. The van der Waals surface area contributed by atoms with E-state index < -0.39 is 0 Å². The monoisotopic (exact) mass is 349 g/mol. The number of hydrogen-bond acceptors (Lipinski definition) is 5. The Bertz CT molecular complexity index is 957. The maximum Gasteiger partial charge on any atom is 0.141 e. The summed E-state index contributed by atoms with van der Waals surface area (Å²) < 4.78 is 1.81. The highest BCUT2D eigenvalue weighted by atomic mass is 15.4. The van der Waals surface area contributed by atoms with Gasteiger partial charge < -0.3 is 9.88 Å². The Morgan fingerprint density at radius 1 is 1.23 bits per heavy atom. The van der Waals surface area contributed by atoms with Gasteiger partial charge in [-0.1, -0.05) is 5.21 Å². The fraction of sp³-hybridized carbons (Fsp3) is 0.579. The largest absolute Gasteiger partial charge is 0.346 e. The summed E-state index contributed by atoms with van der Waals surface area (Å²) in [5.41, 5.74) is 3.13. The first-order valence-corrected chi connectivity index (χ1v) is 9.61. The molecule has 3 aromatic rings. The first kappa shape index (κ1) is 15.8. The van der Waals surface area contributed by atoms with Crippen molar-refractivity contribution in [1.29, 1.82) is 5.26 Å². The van der Waals surface area contributed by atoms with Crippen LogP contribution in [0.3, 0.4) is 0 Å². The van der Waals surface area contributed by atoms with Crippen LogP contribution in [0.15, 0.2) is 18.6 Å². The van der Waals surface area contributed by atoms with Crippen LogP contribution in [0.5, 0.6) is 0 Å². The van der Waals surface area contributed by atoms with E-state index in [1.165, 1.54) is 25.7 Å². The summed E-state index contributed by atoms with van der Waals surface area (Å²) in [4.78, 5) is 10.1. The van der Waals surface area contributed by atoms with Gasteiger partial charge in [0.2, 0.25) is 0 Å². The summed E-state index contributed by atoms with van der Waals surface area (Å²) in [5, 5.41) is 19.0. The quantitative estimate of drug-likeness (QED) is 0.786. The Kier molecular flexibility index (Phi) is 3.86. The highest BCUT2D eigenvalue weighted by molar-refractivity contribution is 5.92. The molecular formula is C19H23N7. The molecule has 26 heavy (non-hydrogen) atoms. The van der Waals surface area contributed by atoms with E-state index in [2.05, 4.69) is 37.3 Å². The number of nitrogens with zero attached hydrogens (tertiary/aromatic N) is 6. The molecule has 1 saturated carbocycles. The van der Waals surface area contributed by atoms with Gasteiger partial charge >= 0.3 is 0 Å². The molecule has 7 heteroatoms. The number of aromatic amines is 1. The van der Waals surface area contributed by atoms with Crippen LogP contribution in [0.4, 0.5) is 0 Å². The lowest BCUT2D eigenvalue weighted by molar-refractivity contribution is 0.220. The zero-order valence-corrected chi connectivity index (χ0v) is 14.8. The summed E-state index contributed by atoms with van der Waals surface area (Å²) >= 11 is 0. The first-order chi connectivity index (χ1) is 12.8. The molecule has 1 aliphatic heterocycles. The minimum absolute atomic E-state index is 0.242. The number of rotatable bonds is 3. The zero-order chi connectivity index (χ0) is 17.5. The third-order valence-electron chi connectivity index (χ3n) is 6.20. The highest BCUT2D eigenvalue weighted by Crippen LogP contribution is 2.38. The molecule has 0 aromatic carbocycles. The lowest BCUT2D eigenvalue weighted by Crippen LogP contribution is -2.29. The Labute approximate surface area is 152 Å². The predicted octanol–water partition coefficient (Wildman–Crippen LogP) is 2.72. The third-order valence-corrected chi connectivity index (χ3v) is 6.20. The second kappa shape index (κ2) is 6.36. The molecule has 7 nitrogen and oxygen atoms in total. The number of aromatic nitrogens is 5. The Morgan fingerprint density at radius 2 is 2.12 bits per heavy atom. The minimum atomic E-state index is 0.242. The molecular weight excluding hydrogens is 326 g/mol. The van der Waals surface area contributed by atoms with E-state index >= 15 is 0 Å². The highest BCUT2D eigenvalue weighted by Gasteiger charge is 2.30. The molecule has 2 aliphatic rings. The van der Waals surface area contributed by atoms with E-state index in [0.29, 0.717) is 5.92 Å². The van der Waals surface area contributed by atoms with Crippen molar-refractivity contribution in [2.45, 2.75) is 38.0 Å². The van der Waals surface area contributed by atoms with E-state index in [9.17, 15) is 0 Å². The van der Waals surface area contributed by atoms with Crippen LogP contribution in [-0.4, -0.2) is 49.3 Å². The van der Waals surface area contributed by atoms with Crippen LogP contribution in [0.1, 0.15) is 43.7 Å². The second-order valence-corrected chi connectivity index (χ2v) is 7.84. The van der Waals surface area contributed by atoms with Gasteiger partial charge in [0.1, 0.15) is 17.5 Å². The molecule has 2 fully saturated rings. The van der Waals surface area contributed by atoms with E-state index in [4.69, 9.17) is 5.26 Å². The minimum Gasteiger partial charge on any atom is -0.346 e. The molecule has 1 atom stereocenters. The van der Waals surface area contributed by atoms with Crippen LogP contribution in [0.2, 0.25) is 0 Å². The lowest BCUT2D eigenvalue weighted by atomic mass is 9.80. The maximum absolute atomic E-state index is 9.08. The number of nitrogens with one attached hydrogen (secondary N) is 1. The van der Waals surface area contributed by atoms with Crippen molar-refractivity contribution < 1.29 is 0 Å². The maximum atomic E-state index is 9.08. The van der Waals surface area contributed by atoms with E-state index in [1.807, 2.05) is 10.7 Å². The Balaban J connectivity index is 1.29. The average Bonchev–Trinajstić information content (AvgIpc) is 3.40. The molecule has 134 valence electrons. The molecule has 0 amide bonds. The van der Waals surface area contributed by atoms with Gasteiger partial charge in [0.25, 0.3) is 0 Å². The van der Waals surface area contributed by atoms with Crippen molar-refractivity contribution >= 4 is 16.6 Å². The van der Waals surface area contributed by atoms with Gasteiger partial charge in [0, 0.05) is 30.6 Å². The van der Waals surface area contributed by atoms with Crippen molar-refractivity contribution in [3.8, 4) is 6.07 Å². The molecule has 5 rings (SSSR count). The van der Waals surface area contributed by atoms with Crippen LogP contribution >= 0.6 is 0 Å². The number of H-pyrrole nitrogens is 1. The molecule has 0 unspecified atom stereocenters. The molecule has 1 aliphatic carbocycles. The fourth-order valence-corrected chi connectivity index (χ4v) is 4.78. The van der Waals surface area contributed by atoms with Gasteiger partial charge in [0.05, 0.1) is 17.7 Å². The Hall–Kier alpha value is -2.46. The summed E-state index contributed by atoms with van der Waals surface area (Å²) in [7, 11) is 0. The lowest BCUT2D eigenvalue weighted by Gasteiger charge is -2.30. The van der Waals surface area contributed by atoms with Gasteiger partial charge in [-0.15, -0.1) is 5.10 Å². The van der Waals surface area contributed by atoms with Crippen LogP contribution in [-0.2, 0) is 0 Å². The van der Waals surface area contributed by atoms with Gasteiger partial charge in [-0.2, -0.15) is 5.26 Å². The number of fused-ring (bicyclic) bond motifs is 3. The third kappa shape index (κ3) is 2.65. The number of likely N-dealkylation sites (tertiary alicyclic amines) is 1. The molecule has 3 aromatic heterocycles. The molecule has 4 heterocycles. The van der Waals surface area contributed by atoms with E-state index in [-0.39, 0.29) is 5.92 Å². The predicted molar refractivity (Wildman–Crippen MR) is 97.5 cm³/mol. The molecule has 0 bridgehead atoms. The molecule has 1 saturated heterocycles. The van der Waals surface area contributed by atoms with Crippen LogP contribution in [0.25, 0.3) is 16.6 Å². The van der Waals surface area contributed by atoms with Gasteiger partial charge in [-0.05, 0) is 50.6 Å². The normalized spacial score (nSPS) is 27.3. The number of nitriles is 1. The molecule has 1 N–H and O–H groups in total. The van der Waals surface area contributed by atoms with Crippen LogP contribution < -0.4 is 0 Å². The van der Waals surface area contributed by atoms with Crippen molar-refractivity contribution in [2.24, 2.45) is 11.8 Å². The summed E-state index contributed by atoms with van der Waals surface area (Å²) in [6.07, 6.45) is 9.52. The topological polar surface area (TPSA) is 85.9 Å². The Morgan fingerprint density at radius 3 is 2.92 bits per heavy atom. The molecule has 0 radical (unpaired) electrons. The standard InChI is InChI=1S/C19H23N7/c20-9-14-6-8-25(11-14)10-13-1-3-15(4-2-13)17-18-16-5-7-21-19(16)22-12-26(18)24-23-17/h5,7,12-15,21H,1-4,6,8,10-11H2/t13?,14-,15?/m0/s1. The fourth-order valence-electron chi connectivity index (χ4n) is 4.78. The van der Waals surface area contributed by atoms with Gasteiger partial charge in [-0.25, -0.2) is 9.50 Å². The van der Waals surface area contributed by atoms with Gasteiger partial charge in [0.15, 0.2) is 0 Å². The zero-order valence-electron chi connectivity index (χ0n) is 14.8. The summed E-state index contributed by atoms with van der Waals surface area (Å²) in [6.45, 7) is 3.20. The SMILES string of the molecule is N#C[C@@H]1CCN(CC2CCC(c3nnn4cnc5[nH]ccc5c34)CC2)C1.